The molecule has 0 saturated heterocycles. The molecule has 136 valence electrons. The first-order valence-corrected chi connectivity index (χ1v) is 10.3. The first-order valence-electron chi connectivity index (χ1n) is 7.59. The van der Waals surface area contributed by atoms with E-state index in [1.807, 2.05) is 6.92 Å². The van der Waals surface area contributed by atoms with Gasteiger partial charge in [0.25, 0.3) is 14.6 Å². The van der Waals surface area contributed by atoms with Crippen LogP contribution in [0.15, 0.2) is 46.1 Å². The van der Waals surface area contributed by atoms with E-state index in [-0.39, 0.29) is 10.5 Å². The third-order valence-corrected chi connectivity index (χ3v) is 5.94. The van der Waals surface area contributed by atoms with Crippen molar-refractivity contribution in [2.45, 2.75) is 18.7 Å². The molecule has 0 unspecified atom stereocenters. The van der Waals surface area contributed by atoms with Gasteiger partial charge in [-0.3, -0.25) is 9.36 Å². The van der Waals surface area contributed by atoms with Crippen LogP contribution in [0.25, 0.3) is 16.6 Å². The minimum absolute atomic E-state index is 0.0335. The maximum atomic E-state index is 12.7. The Hall–Kier alpha value is -2.02. The van der Waals surface area contributed by atoms with Crippen molar-refractivity contribution in [3.8, 4) is 11.4 Å². The molecule has 0 aliphatic rings. The number of halogens is 2. The molecule has 0 N–H and O–H groups in total. The normalized spacial score (nSPS) is 11.7. The highest BCUT2D eigenvalue weighted by atomic mass is 35.7. The van der Waals surface area contributed by atoms with Crippen molar-refractivity contribution in [2.75, 3.05) is 7.11 Å². The third-order valence-electron chi connectivity index (χ3n) is 4.18. The van der Waals surface area contributed by atoms with Crippen LogP contribution in [-0.4, -0.2) is 20.1 Å². The van der Waals surface area contributed by atoms with Crippen molar-refractivity contribution in [3.63, 3.8) is 0 Å². The molecule has 8 heteroatoms. The van der Waals surface area contributed by atoms with Gasteiger partial charge in [-0.2, -0.15) is 0 Å². The number of ether oxygens (including phenoxy) is 1. The molecule has 0 spiro atoms. The van der Waals surface area contributed by atoms with Gasteiger partial charge in [0.15, 0.2) is 0 Å². The van der Waals surface area contributed by atoms with Crippen LogP contribution in [0.1, 0.15) is 11.1 Å². The lowest BCUT2D eigenvalue weighted by atomic mass is 10.1. The van der Waals surface area contributed by atoms with Gasteiger partial charge >= 0.3 is 0 Å². The van der Waals surface area contributed by atoms with E-state index < -0.39 is 9.05 Å². The second-order valence-corrected chi connectivity index (χ2v) is 8.86. The summed E-state index contributed by atoms with van der Waals surface area (Å²) < 4.78 is 30.2. The molecule has 0 fully saturated rings. The smallest absolute Gasteiger partial charge is 0.261 e. The number of benzene rings is 2. The average Bonchev–Trinajstić information content (AvgIpc) is 2.56. The number of rotatable bonds is 3. The summed E-state index contributed by atoms with van der Waals surface area (Å²) in [7, 11) is 3.07. The lowest BCUT2D eigenvalue weighted by Gasteiger charge is -2.16. The summed E-state index contributed by atoms with van der Waals surface area (Å²) in [6.45, 7) is 3.57. The molecule has 0 atom stereocenters. The van der Waals surface area contributed by atoms with Crippen molar-refractivity contribution >= 4 is 42.2 Å². The maximum absolute atomic E-state index is 12.7. The first kappa shape index (κ1) is 18.8. The van der Waals surface area contributed by atoms with Gasteiger partial charge in [0, 0.05) is 27.2 Å². The fourth-order valence-corrected chi connectivity index (χ4v) is 3.79. The Kier molecular flexibility index (Phi) is 4.77. The molecule has 3 rings (SSSR count). The molecule has 0 aliphatic carbocycles. The predicted octanol–water partition coefficient (Wildman–Crippen LogP) is 4.20. The van der Waals surface area contributed by atoms with Crippen molar-refractivity contribution in [2.24, 2.45) is 0 Å². The number of aromatic nitrogens is 1. The van der Waals surface area contributed by atoms with Crippen LogP contribution in [-0.2, 0) is 9.05 Å². The largest absolute Gasteiger partial charge is 0.495 e. The molecule has 0 aliphatic heterocycles. The van der Waals surface area contributed by atoms with E-state index in [0.717, 1.165) is 5.56 Å². The summed E-state index contributed by atoms with van der Waals surface area (Å²) in [5.41, 5.74) is 2.17. The van der Waals surface area contributed by atoms with Crippen LogP contribution < -0.4 is 10.3 Å². The van der Waals surface area contributed by atoms with Crippen LogP contribution in [0, 0.1) is 13.8 Å². The number of methoxy groups -OCH3 is 1. The Morgan fingerprint density at radius 3 is 2.35 bits per heavy atom. The lowest BCUT2D eigenvalue weighted by molar-refractivity contribution is 0.412. The number of hydrogen-bond acceptors (Lipinski definition) is 4. The first-order chi connectivity index (χ1) is 12.1. The van der Waals surface area contributed by atoms with E-state index in [9.17, 15) is 13.2 Å². The van der Waals surface area contributed by atoms with Crippen LogP contribution in [0.3, 0.4) is 0 Å². The number of hydrogen-bond donors (Lipinski definition) is 0. The zero-order chi connectivity index (χ0) is 19.2. The van der Waals surface area contributed by atoms with Crippen LogP contribution >= 0.6 is 22.3 Å². The van der Waals surface area contributed by atoms with Gasteiger partial charge in [0.2, 0.25) is 0 Å². The van der Waals surface area contributed by atoms with E-state index in [4.69, 9.17) is 27.0 Å². The minimum Gasteiger partial charge on any atom is -0.495 e. The molecule has 3 aromatic rings. The molecule has 1 heterocycles. The molecule has 0 amide bonds. The van der Waals surface area contributed by atoms with E-state index >= 15 is 0 Å². The molecule has 1 aromatic heterocycles. The molecule has 5 nitrogen and oxygen atoms in total. The highest BCUT2D eigenvalue weighted by molar-refractivity contribution is 8.13. The summed E-state index contributed by atoms with van der Waals surface area (Å²) >= 11 is 6.24. The number of aryl methyl sites for hydroxylation is 2. The predicted molar refractivity (Wildman–Crippen MR) is 104 cm³/mol. The van der Waals surface area contributed by atoms with Crippen LogP contribution in [0.4, 0.5) is 0 Å². The third kappa shape index (κ3) is 3.20. The molecular weight excluding hydrogens is 397 g/mol. The monoisotopic (exact) mass is 411 g/mol. The highest BCUT2D eigenvalue weighted by Gasteiger charge is 2.17. The Bertz CT molecular complexity index is 1200. The van der Waals surface area contributed by atoms with E-state index in [1.165, 1.54) is 29.9 Å². The second-order valence-electron chi connectivity index (χ2n) is 5.89. The molecule has 0 bridgehead atoms. The van der Waals surface area contributed by atoms with Gasteiger partial charge in [-0.1, -0.05) is 11.6 Å². The van der Waals surface area contributed by atoms with Gasteiger partial charge in [0.05, 0.1) is 23.2 Å². The van der Waals surface area contributed by atoms with Gasteiger partial charge in [-0.25, -0.2) is 8.42 Å². The maximum Gasteiger partial charge on any atom is 0.261 e. The van der Waals surface area contributed by atoms with Crippen molar-refractivity contribution in [1.82, 2.24) is 4.57 Å². The standard InChI is InChI=1S/C18H15Cl2NO4S/c1-10-7-18(22)21(16-9-14(19)11(2)6-17(16)25-3)15-5-4-12(8-13(10)15)26(20,23)24/h4-9H,1-3H3. The number of pyridine rings is 1. The van der Waals surface area contributed by atoms with E-state index in [1.54, 1.807) is 25.1 Å². The van der Waals surface area contributed by atoms with Crippen molar-refractivity contribution < 1.29 is 13.2 Å². The minimum atomic E-state index is -3.88. The highest BCUT2D eigenvalue weighted by Crippen LogP contribution is 2.32. The van der Waals surface area contributed by atoms with Gasteiger partial charge in [-0.05, 0) is 55.3 Å². The zero-order valence-corrected chi connectivity index (χ0v) is 16.5. The molecule has 0 radical (unpaired) electrons. The fraction of sp³-hybridized carbons (Fsp3) is 0.167. The average molecular weight is 412 g/mol. The van der Waals surface area contributed by atoms with Crippen LogP contribution in [0.5, 0.6) is 5.75 Å². The Labute approximate surface area is 160 Å². The fourth-order valence-electron chi connectivity index (χ4n) is 2.86. The summed E-state index contributed by atoms with van der Waals surface area (Å²) in [5.74, 6) is 0.480. The summed E-state index contributed by atoms with van der Waals surface area (Å²) in [5, 5.41) is 1.08. The molecule has 0 saturated carbocycles. The zero-order valence-electron chi connectivity index (χ0n) is 14.2. The van der Waals surface area contributed by atoms with Gasteiger partial charge in [0.1, 0.15) is 5.75 Å². The quantitative estimate of drug-likeness (QED) is 0.605. The number of fused-ring (bicyclic) bond motifs is 1. The van der Waals surface area contributed by atoms with Gasteiger partial charge in [-0.15, -0.1) is 0 Å². The molecule has 26 heavy (non-hydrogen) atoms. The lowest BCUT2D eigenvalue weighted by Crippen LogP contribution is -2.19. The summed E-state index contributed by atoms with van der Waals surface area (Å²) in [6, 6.07) is 9.19. The van der Waals surface area contributed by atoms with E-state index in [0.29, 0.717) is 32.9 Å². The van der Waals surface area contributed by atoms with Crippen molar-refractivity contribution in [1.29, 1.82) is 0 Å². The Morgan fingerprint density at radius 1 is 1.04 bits per heavy atom. The van der Waals surface area contributed by atoms with Crippen LogP contribution in [0.2, 0.25) is 5.02 Å². The summed E-state index contributed by atoms with van der Waals surface area (Å²) in [6.07, 6.45) is 0. The summed E-state index contributed by atoms with van der Waals surface area (Å²) in [4.78, 5) is 12.7. The topological polar surface area (TPSA) is 65.4 Å². The van der Waals surface area contributed by atoms with Crippen molar-refractivity contribution in [3.05, 3.63) is 62.9 Å². The Balaban J connectivity index is 2.45. The molecular formula is C18H15Cl2NO4S. The molecule has 2 aromatic carbocycles. The van der Waals surface area contributed by atoms with Gasteiger partial charge < -0.3 is 4.74 Å². The second kappa shape index (κ2) is 6.61. The number of nitrogens with zero attached hydrogens (tertiary/aromatic N) is 1. The Morgan fingerprint density at radius 2 is 1.73 bits per heavy atom. The SMILES string of the molecule is COc1cc(C)c(Cl)cc1-n1c(=O)cc(C)c2cc(S(=O)(=O)Cl)ccc21. The van der Waals surface area contributed by atoms with E-state index in [2.05, 4.69) is 0 Å².